The first-order valence-electron chi connectivity index (χ1n) is 5.90. The number of hydrogen-bond acceptors (Lipinski definition) is 5. The van der Waals surface area contributed by atoms with Crippen molar-refractivity contribution < 1.29 is 18.3 Å². The van der Waals surface area contributed by atoms with Gasteiger partial charge in [0.05, 0.1) is 23.5 Å². The highest BCUT2D eigenvalue weighted by Gasteiger charge is 2.19. The van der Waals surface area contributed by atoms with E-state index in [4.69, 9.17) is 10.8 Å². The van der Waals surface area contributed by atoms with E-state index in [2.05, 4.69) is 9.82 Å². The molecule has 4 N–H and O–H groups in total. The SMILES string of the molecule is Cn1nccc1CNS(=O)(=O)c1ccc(C(=O)O)cc1N. The highest BCUT2D eigenvalue weighted by Crippen LogP contribution is 2.20. The molecular weight excluding hydrogens is 296 g/mol. The molecule has 2 aromatic rings. The van der Waals surface area contributed by atoms with Gasteiger partial charge in [-0.25, -0.2) is 17.9 Å². The van der Waals surface area contributed by atoms with Gasteiger partial charge in [0.25, 0.3) is 0 Å². The molecule has 0 radical (unpaired) electrons. The van der Waals surface area contributed by atoms with Gasteiger partial charge in [-0.2, -0.15) is 5.10 Å². The fourth-order valence-corrected chi connectivity index (χ4v) is 2.86. The van der Waals surface area contributed by atoms with Crippen molar-refractivity contribution >= 4 is 21.7 Å². The standard InChI is InChI=1S/C12H14N4O4S/c1-16-9(4-5-14-16)7-15-21(19,20)11-3-2-8(12(17)18)6-10(11)13/h2-6,15H,7,13H2,1H3,(H,17,18). The molecular formula is C12H14N4O4S. The number of nitrogens with zero attached hydrogens (tertiary/aromatic N) is 2. The lowest BCUT2D eigenvalue weighted by atomic mass is 10.2. The molecule has 1 aromatic heterocycles. The number of nitrogens with two attached hydrogens (primary N) is 1. The van der Waals surface area contributed by atoms with E-state index < -0.39 is 16.0 Å². The Hall–Kier alpha value is -2.39. The van der Waals surface area contributed by atoms with Crippen LogP contribution in [0.15, 0.2) is 35.4 Å². The molecule has 1 heterocycles. The Morgan fingerprint density at radius 3 is 2.67 bits per heavy atom. The van der Waals surface area contributed by atoms with Gasteiger partial charge >= 0.3 is 5.97 Å². The van der Waals surface area contributed by atoms with Gasteiger partial charge in [0.1, 0.15) is 4.90 Å². The second-order valence-corrected chi connectivity index (χ2v) is 6.06. The van der Waals surface area contributed by atoms with Crippen molar-refractivity contribution in [2.75, 3.05) is 5.73 Å². The molecule has 0 bridgehead atoms. The Morgan fingerprint density at radius 2 is 2.14 bits per heavy atom. The first kappa shape index (κ1) is 15.0. The van der Waals surface area contributed by atoms with Crippen LogP contribution >= 0.6 is 0 Å². The Bertz CT molecular complexity index is 782. The number of anilines is 1. The van der Waals surface area contributed by atoms with Crippen LogP contribution in [0, 0.1) is 0 Å². The van der Waals surface area contributed by atoms with Gasteiger partial charge in [0.15, 0.2) is 0 Å². The summed E-state index contributed by atoms with van der Waals surface area (Å²) in [5.74, 6) is -1.17. The summed E-state index contributed by atoms with van der Waals surface area (Å²) in [6.07, 6.45) is 1.56. The Labute approximate surface area is 121 Å². The number of nitrogens with one attached hydrogen (secondary N) is 1. The number of rotatable bonds is 5. The summed E-state index contributed by atoms with van der Waals surface area (Å²) in [6.45, 7) is 0.0545. The highest BCUT2D eigenvalue weighted by molar-refractivity contribution is 7.89. The van der Waals surface area contributed by atoms with Crippen LogP contribution in [-0.4, -0.2) is 29.3 Å². The molecule has 0 saturated heterocycles. The van der Waals surface area contributed by atoms with E-state index in [0.717, 1.165) is 6.07 Å². The number of benzene rings is 1. The van der Waals surface area contributed by atoms with E-state index in [1.165, 1.54) is 12.1 Å². The van der Waals surface area contributed by atoms with Crippen LogP contribution in [0.25, 0.3) is 0 Å². The number of aromatic nitrogens is 2. The molecule has 0 amide bonds. The third-order valence-corrected chi connectivity index (χ3v) is 4.39. The van der Waals surface area contributed by atoms with Crippen LogP contribution in [-0.2, 0) is 23.6 Å². The number of nitrogen functional groups attached to an aromatic ring is 1. The second kappa shape index (κ2) is 5.54. The number of carboxylic acids is 1. The molecule has 0 fully saturated rings. The molecule has 0 atom stereocenters. The topological polar surface area (TPSA) is 127 Å². The van der Waals surface area contributed by atoms with Crippen LogP contribution < -0.4 is 10.5 Å². The predicted molar refractivity (Wildman–Crippen MR) is 75.0 cm³/mol. The summed E-state index contributed by atoms with van der Waals surface area (Å²) in [7, 11) is -2.14. The molecule has 1 aromatic carbocycles. The molecule has 2 rings (SSSR count). The molecule has 9 heteroatoms. The predicted octanol–water partition coefficient (Wildman–Crippen LogP) is 0.179. The molecule has 8 nitrogen and oxygen atoms in total. The zero-order chi connectivity index (χ0) is 15.6. The van der Waals surface area contributed by atoms with Gasteiger partial charge < -0.3 is 10.8 Å². The van der Waals surface area contributed by atoms with E-state index in [-0.39, 0.29) is 22.7 Å². The van der Waals surface area contributed by atoms with Crippen molar-refractivity contribution in [2.45, 2.75) is 11.4 Å². The molecule has 21 heavy (non-hydrogen) atoms. The van der Waals surface area contributed by atoms with Crippen molar-refractivity contribution in [2.24, 2.45) is 7.05 Å². The third kappa shape index (κ3) is 3.20. The van der Waals surface area contributed by atoms with Crippen molar-refractivity contribution in [1.29, 1.82) is 0 Å². The van der Waals surface area contributed by atoms with Crippen molar-refractivity contribution in [3.63, 3.8) is 0 Å². The fourth-order valence-electron chi connectivity index (χ4n) is 1.75. The summed E-state index contributed by atoms with van der Waals surface area (Å²) in [5.41, 5.74) is 6.11. The number of aryl methyl sites for hydroxylation is 1. The Kier molecular flexibility index (Phi) is 3.96. The van der Waals surface area contributed by atoms with Gasteiger partial charge in [0, 0.05) is 13.2 Å². The lowest BCUT2D eigenvalue weighted by Gasteiger charge is -2.10. The maximum Gasteiger partial charge on any atom is 0.335 e. The van der Waals surface area contributed by atoms with E-state index in [9.17, 15) is 13.2 Å². The largest absolute Gasteiger partial charge is 0.478 e. The summed E-state index contributed by atoms with van der Waals surface area (Å²) in [5, 5.41) is 12.8. The van der Waals surface area contributed by atoms with Gasteiger partial charge in [0.2, 0.25) is 10.0 Å². The number of carboxylic acid groups (broad SMARTS) is 1. The molecule has 0 aliphatic rings. The van der Waals surface area contributed by atoms with Gasteiger partial charge in [-0.15, -0.1) is 0 Å². The Balaban J connectivity index is 2.23. The van der Waals surface area contributed by atoms with Crippen LogP contribution in [0.1, 0.15) is 16.1 Å². The number of sulfonamides is 1. The molecule has 0 spiro atoms. The first-order valence-corrected chi connectivity index (χ1v) is 7.39. The minimum atomic E-state index is -3.84. The minimum absolute atomic E-state index is 0.0545. The van der Waals surface area contributed by atoms with Gasteiger partial charge in [-0.05, 0) is 24.3 Å². The molecule has 0 unspecified atom stereocenters. The zero-order valence-corrected chi connectivity index (χ0v) is 12.0. The maximum absolute atomic E-state index is 12.2. The molecule has 0 saturated carbocycles. The van der Waals surface area contributed by atoms with Crippen LogP contribution in [0.3, 0.4) is 0 Å². The summed E-state index contributed by atoms with van der Waals surface area (Å²) < 4.78 is 28.3. The van der Waals surface area contributed by atoms with Crippen LogP contribution in [0.2, 0.25) is 0 Å². The van der Waals surface area contributed by atoms with Crippen LogP contribution in [0.4, 0.5) is 5.69 Å². The van der Waals surface area contributed by atoms with Crippen molar-refractivity contribution in [3.05, 3.63) is 41.7 Å². The van der Waals surface area contributed by atoms with E-state index in [1.54, 1.807) is 24.0 Å². The lowest BCUT2D eigenvalue weighted by Crippen LogP contribution is -2.25. The van der Waals surface area contributed by atoms with Gasteiger partial charge in [-0.1, -0.05) is 0 Å². The minimum Gasteiger partial charge on any atom is -0.478 e. The third-order valence-electron chi connectivity index (χ3n) is 2.91. The van der Waals surface area contributed by atoms with E-state index in [0.29, 0.717) is 5.69 Å². The second-order valence-electron chi connectivity index (χ2n) is 4.33. The van der Waals surface area contributed by atoms with Crippen molar-refractivity contribution in [1.82, 2.24) is 14.5 Å². The average molecular weight is 310 g/mol. The van der Waals surface area contributed by atoms with Gasteiger partial charge in [-0.3, -0.25) is 4.68 Å². The Morgan fingerprint density at radius 1 is 1.43 bits per heavy atom. The number of aromatic carboxylic acids is 1. The highest BCUT2D eigenvalue weighted by atomic mass is 32.2. The van der Waals surface area contributed by atoms with E-state index >= 15 is 0 Å². The molecule has 0 aliphatic carbocycles. The number of hydrogen-bond donors (Lipinski definition) is 3. The zero-order valence-electron chi connectivity index (χ0n) is 11.1. The average Bonchev–Trinajstić information content (AvgIpc) is 2.81. The lowest BCUT2D eigenvalue weighted by molar-refractivity contribution is 0.0697. The summed E-state index contributed by atoms with van der Waals surface area (Å²) in [6, 6.07) is 5.15. The van der Waals surface area contributed by atoms with Crippen LogP contribution in [0.5, 0.6) is 0 Å². The normalized spacial score (nSPS) is 11.5. The quantitative estimate of drug-likeness (QED) is 0.676. The molecule has 112 valence electrons. The van der Waals surface area contributed by atoms with Crippen molar-refractivity contribution in [3.8, 4) is 0 Å². The number of carbonyl (C=O) groups is 1. The first-order chi connectivity index (χ1) is 9.81. The fraction of sp³-hybridized carbons (Fsp3) is 0.167. The monoisotopic (exact) mass is 310 g/mol. The summed E-state index contributed by atoms with van der Waals surface area (Å²) in [4.78, 5) is 10.6. The smallest absolute Gasteiger partial charge is 0.335 e. The summed E-state index contributed by atoms with van der Waals surface area (Å²) >= 11 is 0. The maximum atomic E-state index is 12.2. The van der Waals surface area contributed by atoms with E-state index in [1.807, 2.05) is 0 Å². The molecule has 0 aliphatic heterocycles.